The molecule has 0 saturated heterocycles. The molecular formula is C49H31NO2. The fourth-order valence-corrected chi connectivity index (χ4v) is 8.77. The van der Waals surface area contributed by atoms with Crippen LogP contribution in [0.2, 0.25) is 0 Å². The summed E-state index contributed by atoms with van der Waals surface area (Å²) in [5, 5.41) is 2.45. The van der Waals surface area contributed by atoms with Crippen molar-refractivity contribution in [2.75, 3.05) is 0 Å². The van der Waals surface area contributed by atoms with Crippen LogP contribution in [0.5, 0.6) is 23.0 Å². The molecule has 9 aromatic rings. The predicted molar refractivity (Wildman–Crippen MR) is 210 cm³/mol. The van der Waals surface area contributed by atoms with Crippen molar-refractivity contribution in [1.82, 2.24) is 4.57 Å². The second kappa shape index (κ2) is 11.1. The molecule has 0 bridgehead atoms. The maximum Gasteiger partial charge on any atom is 0.132 e. The molecule has 0 saturated carbocycles. The van der Waals surface area contributed by atoms with E-state index in [1.165, 1.54) is 21.8 Å². The summed E-state index contributed by atoms with van der Waals surface area (Å²) in [4.78, 5) is 0. The number of nitrogens with zero attached hydrogens (tertiary/aromatic N) is 1. The smallest absolute Gasteiger partial charge is 0.132 e. The van der Waals surface area contributed by atoms with E-state index in [0.29, 0.717) is 0 Å². The molecule has 0 radical (unpaired) electrons. The monoisotopic (exact) mass is 665 g/mol. The molecule has 3 heteroatoms. The number of fused-ring (bicyclic) bond motifs is 11. The van der Waals surface area contributed by atoms with Gasteiger partial charge in [-0.05, 0) is 76.9 Å². The van der Waals surface area contributed by atoms with Gasteiger partial charge in [-0.15, -0.1) is 0 Å². The van der Waals surface area contributed by atoms with Gasteiger partial charge in [0.05, 0.1) is 16.4 Å². The first-order valence-electron chi connectivity index (χ1n) is 17.8. The van der Waals surface area contributed by atoms with Gasteiger partial charge < -0.3 is 14.0 Å². The second-order valence-electron chi connectivity index (χ2n) is 13.6. The van der Waals surface area contributed by atoms with E-state index in [1.807, 2.05) is 0 Å². The van der Waals surface area contributed by atoms with E-state index in [9.17, 15) is 0 Å². The summed E-state index contributed by atoms with van der Waals surface area (Å²) in [6.07, 6.45) is 0. The maximum absolute atomic E-state index is 7.03. The van der Waals surface area contributed by atoms with E-state index in [4.69, 9.17) is 9.47 Å². The highest BCUT2D eigenvalue weighted by atomic mass is 16.5. The molecule has 0 N–H and O–H groups in total. The molecule has 1 spiro atoms. The Morgan fingerprint density at radius 3 is 1.73 bits per heavy atom. The Morgan fingerprint density at radius 1 is 0.365 bits per heavy atom. The average molecular weight is 666 g/mol. The van der Waals surface area contributed by atoms with Crippen LogP contribution in [-0.2, 0) is 5.41 Å². The Bertz CT molecular complexity index is 2810. The molecule has 3 nitrogen and oxygen atoms in total. The number of hydrogen-bond donors (Lipinski definition) is 0. The van der Waals surface area contributed by atoms with Crippen molar-refractivity contribution < 1.29 is 9.47 Å². The van der Waals surface area contributed by atoms with Crippen molar-refractivity contribution in [3.63, 3.8) is 0 Å². The van der Waals surface area contributed by atoms with Crippen LogP contribution < -0.4 is 9.47 Å². The minimum absolute atomic E-state index is 0.688. The van der Waals surface area contributed by atoms with E-state index in [1.54, 1.807) is 0 Å². The van der Waals surface area contributed by atoms with Crippen LogP contribution in [0.25, 0.3) is 49.7 Å². The predicted octanol–water partition coefficient (Wildman–Crippen LogP) is 12.7. The van der Waals surface area contributed by atoms with Gasteiger partial charge in [-0.2, -0.15) is 0 Å². The van der Waals surface area contributed by atoms with E-state index < -0.39 is 5.41 Å². The second-order valence-corrected chi connectivity index (χ2v) is 13.6. The Kier molecular flexibility index (Phi) is 6.17. The zero-order valence-corrected chi connectivity index (χ0v) is 28.2. The quantitative estimate of drug-likeness (QED) is 0.187. The van der Waals surface area contributed by atoms with Crippen molar-refractivity contribution in [3.05, 3.63) is 210 Å². The minimum atomic E-state index is -0.688. The third-order valence-electron chi connectivity index (χ3n) is 10.9. The lowest BCUT2D eigenvalue weighted by Crippen LogP contribution is -2.37. The standard InChI is InChI=1S/C49H31NO2/c1-3-14-32(15-4-1)36-19-13-25-46-48(36)49(39-20-8-11-23-44(39)51-45-24-12-9-21-40(45)49)41-28-26-34(31-47(41)52-46)33-27-29-43-38(30-33)37-18-7-10-22-42(37)50(43)35-16-5-2-6-17-35/h1-31H. The molecule has 0 aliphatic carbocycles. The van der Waals surface area contributed by atoms with Gasteiger partial charge in [0, 0.05) is 38.7 Å². The third-order valence-corrected chi connectivity index (χ3v) is 10.9. The Balaban J connectivity index is 1.17. The summed E-state index contributed by atoms with van der Waals surface area (Å²) in [6.45, 7) is 0. The molecule has 0 atom stereocenters. The molecule has 2 aliphatic heterocycles. The number of aromatic nitrogens is 1. The maximum atomic E-state index is 7.03. The van der Waals surface area contributed by atoms with Gasteiger partial charge in [-0.1, -0.05) is 133 Å². The lowest BCUT2D eigenvalue weighted by Gasteiger charge is -2.45. The van der Waals surface area contributed by atoms with Gasteiger partial charge in [-0.25, -0.2) is 0 Å². The number of para-hydroxylation sites is 4. The van der Waals surface area contributed by atoms with E-state index in [0.717, 1.165) is 73.2 Å². The van der Waals surface area contributed by atoms with Crippen LogP contribution in [-0.4, -0.2) is 4.57 Å². The number of rotatable bonds is 3. The van der Waals surface area contributed by atoms with E-state index >= 15 is 0 Å². The summed E-state index contributed by atoms with van der Waals surface area (Å²) in [7, 11) is 0. The van der Waals surface area contributed by atoms with Crippen molar-refractivity contribution in [1.29, 1.82) is 0 Å². The molecule has 1 aromatic heterocycles. The highest BCUT2D eigenvalue weighted by Crippen LogP contribution is 2.63. The molecule has 0 amide bonds. The zero-order chi connectivity index (χ0) is 34.2. The molecule has 3 heterocycles. The Hall–Kier alpha value is -6.84. The highest BCUT2D eigenvalue weighted by molar-refractivity contribution is 6.10. The first kappa shape index (κ1) is 28.9. The summed E-state index contributed by atoms with van der Waals surface area (Å²) >= 11 is 0. The van der Waals surface area contributed by atoms with Crippen molar-refractivity contribution in [2.45, 2.75) is 5.41 Å². The number of hydrogen-bond acceptors (Lipinski definition) is 2. The minimum Gasteiger partial charge on any atom is -0.457 e. The molecule has 0 unspecified atom stereocenters. The number of benzene rings is 8. The van der Waals surface area contributed by atoms with E-state index in [-0.39, 0.29) is 0 Å². The fraction of sp³-hybridized carbons (Fsp3) is 0.0204. The summed E-state index contributed by atoms with van der Waals surface area (Å²) < 4.78 is 16.0. The summed E-state index contributed by atoms with van der Waals surface area (Å²) in [5.41, 5.74) is 11.8. The molecule has 52 heavy (non-hydrogen) atoms. The first-order chi connectivity index (χ1) is 25.8. The van der Waals surface area contributed by atoms with Crippen molar-refractivity contribution >= 4 is 21.8 Å². The van der Waals surface area contributed by atoms with Crippen LogP contribution >= 0.6 is 0 Å². The SMILES string of the molecule is c1ccc(-c2cccc3c2C2(c4ccccc4Oc4ccccc42)c2ccc(-c4ccc5c(c4)c4ccccc4n5-c4ccccc4)cc2O3)cc1. The summed E-state index contributed by atoms with van der Waals surface area (Å²) in [5.74, 6) is 3.40. The van der Waals surface area contributed by atoms with Crippen molar-refractivity contribution in [2.24, 2.45) is 0 Å². The van der Waals surface area contributed by atoms with Crippen LogP contribution in [0, 0.1) is 0 Å². The molecular weight excluding hydrogens is 635 g/mol. The Labute approximate surface area is 301 Å². The first-order valence-corrected chi connectivity index (χ1v) is 17.8. The molecule has 8 aromatic carbocycles. The van der Waals surface area contributed by atoms with Crippen molar-refractivity contribution in [3.8, 4) is 50.9 Å². The summed E-state index contributed by atoms with van der Waals surface area (Å²) in [6, 6.07) is 66.9. The molecule has 0 fully saturated rings. The van der Waals surface area contributed by atoms with Gasteiger partial charge in [0.15, 0.2) is 0 Å². The van der Waals surface area contributed by atoms with Crippen LogP contribution in [0.1, 0.15) is 22.3 Å². The highest BCUT2D eigenvalue weighted by Gasteiger charge is 2.51. The zero-order valence-electron chi connectivity index (χ0n) is 28.2. The Morgan fingerprint density at radius 2 is 0.942 bits per heavy atom. The molecule has 2 aliphatic rings. The van der Waals surface area contributed by atoms with E-state index in [2.05, 4.69) is 193 Å². The van der Waals surface area contributed by atoms with Crippen LogP contribution in [0.3, 0.4) is 0 Å². The lowest BCUT2D eigenvalue weighted by molar-refractivity contribution is 0.400. The number of ether oxygens (including phenoxy) is 2. The average Bonchev–Trinajstić information content (AvgIpc) is 3.55. The molecule has 11 rings (SSSR count). The molecule has 244 valence electrons. The van der Waals surface area contributed by atoms with Gasteiger partial charge in [0.2, 0.25) is 0 Å². The lowest BCUT2D eigenvalue weighted by atomic mass is 9.61. The van der Waals surface area contributed by atoms with Gasteiger partial charge in [-0.3, -0.25) is 0 Å². The largest absolute Gasteiger partial charge is 0.457 e. The topological polar surface area (TPSA) is 23.4 Å². The van der Waals surface area contributed by atoms with Crippen LogP contribution in [0.15, 0.2) is 188 Å². The van der Waals surface area contributed by atoms with Gasteiger partial charge >= 0.3 is 0 Å². The van der Waals surface area contributed by atoms with Gasteiger partial charge in [0.1, 0.15) is 23.0 Å². The van der Waals surface area contributed by atoms with Gasteiger partial charge in [0.25, 0.3) is 0 Å². The normalized spacial score (nSPS) is 13.5. The fourth-order valence-electron chi connectivity index (χ4n) is 8.77. The third kappa shape index (κ3) is 4.02. The van der Waals surface area contributed by atoms with Crippen LogP contribution in [0.4, 0.5) is 0 Å².